The average molecular weight is 220 g/mol. The lowest BCUT2D eigenvalue weighted by molar-refractivity contribution is -0.137. The third-order valence-electron chi connectivity index (χ3n) is 2.47. The van der Waals surface area contributed by atoms with E-state index in [1.165, 1.54) is 0 Å². The van der Waals surface area contributed by atoms with Crippen molar-refractivity contribution >= 4 is 17.0 Å². The molecule has 84 valence electrons. The second-order valence-electron chi connectivity index (χ2n) is 3.63. The molecule has 2 N–H and O–H groups in total. The number of hydrogen-bond donors (Lipinski definition) is 2. The van der Waals surface area contributed by atoms with Crippen LogP contribution in [0.2, 0.25) is 0 Å². The highest BCUT2D eigenvalue weighted by Crippen LogP contribution is 2.20. The molecule has 1 heterocycles. The van der Waals surface area contributed by atoms with Gasteiger partial charge < -0.3 is 14.8 Å². The van der Waals surface area contributed by atoms with E-state index in [0.717, 1.165) is 11.3 Å². The van der Waals surface area contributed by atoms with Gasteiger partial charge in [0, 0.05) is 12.6 Å². The van der Waals surface area contributed by atoms with Gasteiger partial charge in [-0.25, -0.2) is 4.98 Å². The highest BCUT2D eigenvalue weighted by molar-refractivity contribution is 5.78. The summed E-state index contributed by atoms with van der Waals surface area (Å²) in [6, 6.07) is 4.88. The van der Waals surface area contributed by atoms with E-state index in [-0.39, 0.29) is 12.2 Å². The minimum absolute atomic E-state index is 0.0627. The average Bonchev–Trinajstić information content (AvgIpc) is 2.50. The van der Waals surface area contributed by atoms with Gasteiger partial charge in [0.15, 0.2) is 0 Å². The molecular formula is C11H12N2O3. The predicted octanol–water partition coefficient (Wildman–Crippen LogP) is 1.53. The monoisotopic (exact) mass is 220 g/mol. The van der Waals surface area contributed by atoms with Crippen LogP contribution in [0.3, 0.4) is 0 Å². The Kier molecular flexibility index (Phi) is 2.52. The molecule has 1 aromatic carbocycles. The van der Waals surface area contributed by atoms with Crippen LogP contribution in [0.15, 0.2) is 18.2 Å². The summed E-state index contributed by atoms with van der Waals surface area (Å²) in [7, 11) is 0. The molecule has 0 fully saturated rings. The molecule has 0 amide bonds. The van der Waals surface area contributed by atoms with E-state index in [9.17, 15) is 9.90 Å². The number of nitrogens with zero attached hydrogens (tertiary/aromatic N) is 2. The summed E-state index contributed by atoms with van der Waals surface area (Å²) in [6.45, 7) is 2.21. The lowest BCUT2D eigenvalue weighted by Crippen LogP contribution is -2.05. The van der Waals surface area contributed by atoms with Gasteiger partial charge in [-0.2, -0.15) is 0 Å². The quantitative estimate of drug-likeness (QED) is 0.822. The van der Waals surface area contributed by atoms with Crippen LogP contribution in [0.5, 0.6) is 5.75 Å². The number of phenolic OH excluding ortho intramolecular Hbond substituents is 1. The Morgan fingerprint density at radius 2 is 2.25 bits per heavy atom. The number of aromatic nitrogens is 2. The number of aromatic hydroxyl groups is 1. The van der Waals surface area contributed by atoms with Crippen molar-refractivity contribution in [2.45, 2.75) is 19.9 Å². The second kappa shape index (κ2) is 3.84. The number of hydrogen-bond acceptors (Lipinski definition) is 3. The van der Waals surface area contributed by atoms with Gasteiger partial charge in [0.25, 0.3) is 0 Å². The number of carboxylic acid groups (broad SMARTS) is 1. The molecule has 0 unspecified atom stereocenters. The van der Waals surface area contributed by atoms with Crippen molar-refractivity contribution < 1.29 is 15.0 Å². The van der Waals surface area contributed by atoms with Crippen LogP contribution in [0.1, 0.15) is 12.2 Å². The van der Waals surface area contributed by atoms with Gasteiger partial charge in [-0.3, -0.25) is 4.79 Å². The fourth-order valence-corrected chi connectivity index (χ4v) is 1.73. The minimum Gasteiger partial charge on any atom is -0.508 e. The number of imidazole rings is 1. The Labute approximate surface area is 92.0 Å². The molecule has 5 nitrogen and oxygen atoms in total. The zero-order valence-corrected chi connectivity index (χ0v) is 8.84. The fourth-order valence-electron chi connectivity index (χ4n) is 1.73. The number of rotatable bonds is 3. The van der Waals surface area contributed by atoms with Crippen molar-refractivity contribution in [2.24, 2.45) is 0 Å². The maximum atomic E-state index is 10.5. The molecule has 0 bridgehead atoms. The molecule has 0 aliphatic rings. The van der Waals surface area contributed by atoms with E-state index in [0.29, 0.717) is 12.1 Å². The number of phenols is 1. The normalized spacial score (nSPS) is 10.8. The number of benzene rings is 1. The predicted molar refractivity (Wildman–Crippen MR) is 58.4 cm³/mol. The lowest BCUT2D eigenvalue weighted by atomic mass is 10.3. The van der Waals surface area contributed by atoms with Gasteiger partial charge >= 0.3 is 5.97 Å². The molecule has 0 aliphatic carbocycles. The van der Waals surface area contributed by atoms with Crippen LogP contribution in [0, 0.1) is 6.92 Å². The first-order chi connectivity index (χ1) is 7.58. The highest BCUT2D eigenvalue weighted by atomic mass is 16.4. The van der Waals surface area contributed by atoms with Crippen molar-refractivity contribution in [1.29, 1.82) is 0 Å². The zero-order chi connectivity index (χ0) is 11.7. The number of aryl methyl sites for hydroxylation is 2. The molecule has 0 spiro atoms. The van der Waals surface area contributed by atoms with E-state index in [1.54, 1.807) is 18.2 Å². The van der Waals surface area contributed by atoms with Crippen molar-refractivity contribution in [1.82, 2.24) is 9.55 Å². The summed E-state index contributed by atoms with van der Waals surface area (Å²) in [4.78, 5) is 14.8. The molecule has 0 saturated heterocycles. The first-order valence-electron chi connectivity index (χ1n) is 4.95. The molecule has 5 heteroatoms. The van der Waals surface area contributed by atoms with Gasteiger partial charge in [-0.15, -0.1) is 0 Å². The molecule has 16 heavy (non-hydrogen) atoms. The van der Waals surface area contributed by atoms with Crippen LogP contribution in [0.25, 0.3) is 11.0 Å². The SMILES string of the molecule is Cc1nc2cc(O)ccc2n1CCC(=O)O. The summed E-state index contributed by atoms with van der Waals surface area (Å²) in [5, 5.41) is 18.0. The van der Waals surface area contributed by atoms with Crippen molar-refractivity contribution in [3.8, 4) is 5.75 Å². The van der Waals surface area contributed by atoms with Gasteiger partial charge in [0.1, 0.15) is 11.6 Å². The van der Waals surface area contributed by atoms with E-state index in [2.05, 4.69) is 4.98 Å². The Morgan fingerprint density at radius 3 is 2.94 bits per heavy atom. The Hall–Kier alpha value is -2.04. The second-order valence-corrected chi connectivity index (χ2v) is 3.63. The zero-order valence-electron chi connectivity index (χ0n) is 8.84. The molecule has 2 aromatic rings. The molecular weight excluding hydrogens is 208 g/mol. The number of aliphatic carboxylic acids is 1. The lowest BCUT2D eigenvalue weighted by Gasteiger charge is -2.04. The largest absolute Gasteiger partial charge is 0.508 e. The molecule has 1 aromatic heterocycles. The molecule has 0 atom stereocenters. The van der Waals surface area contributed by atoms with Crippen LogP contribution >= 0.6 is 0 Å². The topological polar surface area (TPSA) is 75.4 Å². The van der Waals surface area contributed by atoms with Gasteiger partial charge in [-0.05, 0) is 19.1 Å². The van der Waals surface area contributed by atoms with Crippen LogP contribution < -0.4 is 0 Å². The standard InChI is InChI=1S/C11H12N2O3/c1-7-12-9-6-8(14)2-3-10(9)13(7)5-4-11(15)16/h2-3,6,14H,4-5H2,1H3,(H,15,16). The summed E-state index contributed by atoms with van der Waals surface area (Å²) in [5.74, 6) is 0.0808. The number of carboxylic acids is 1. The van der Waals surface area contributed by atoms with Crippen molar-refractivity contribution in [3.05, 3.63) is 24.0 Å². The molecule has 0 radical (unpaired) electrons. The van der Waals surface area contributed by atoms with Gasteiger partial charge in [0.2, 0.25) is 0 Å². The molecule has 0 aliphatic heterocycles. The van der Waals surface area contributed by atoms with Crippen molar-refractivity contribution in [3.63, 3.8) is 0 Å². The minimum atomic E-state index is -0.833. The maximum Gasteiger partial charge on any atom is 0.305 e. The van der Waals surface area contributed by atoms with Crippen LogP contribution in [0.4, 0.5) is 0 Å². The Balaban J connectivity index is 2.43. The fraction of sp³-hybridized carbons (Fsp3) is 0.273. The first kappa shape index (κ1) is 10.5. The summed E-state index contributed by atoms with van der Waals surface area (Å²) >= 11 is 0. The Morgan fingerprint density at radius 1 is 1.50 bits per heavy atom. The van der Waals surface area contributed by atoms with Crippen LogP contribution in [-0.2, 0) is 11.3 Å². The third kappa shape index (κ3) is 1.84. The summed E-state index contributed by atoms with van der Waals surface area (Å²) in [6.07, 6.45) is 0.0627. The van der Waals surface area contributed by atoms with E-state index >= 15 is 0 Å². The summed E-state index contributed by atoms with van der Waals surface area (Å²) in [5.41, 5.74) is 1.53. The first-order valence-corrected chi connectivity index (χ1v) is 4.95. The van der Waals surface area contributed by atoms with Gasteiger partial charge in [-0.1, -0.05) is 0 Å². The molecule has 2 rings (SSSR count). The number of carbonyl (C=O) groups is 1. The summed E-state index contributed by atoms with van der Waals surface area (Å²) < 4.78 is 1.84. The third-order valence-corrected chi connectivity index (χ3v) is 2.47. The van der Waals surface area contributed by atoms with Crippen molar-refractivity contribution in [2.75, 3.05) is 0 Å². The molecule has 0 saturated carbocycles. The maximum absolute atomic E-state index is 10.5. The van der Waals surface area contributed by atoms with Crippen LogP contribution in [-0.4, -0.2) is 25.7 Å². The number of fused-ring (bicyclic) bond motifs is 1. The van der Waals surface area contributed by atoms with E-state index in [1.807, 2.05) is 11.5 Å². The Bertz CT molecular complexity index is 545. The van der Waals surface area contributed by atoms with E-state index < -0.39 is 5.97 Å². The smallest absolute Gasteiger partial charge is 0.305 e. The van der Waals surface area contributed by atoms with E-state index in [4.69, 9.17) is 5.11 Å². The van der Waals surface area contributed by atoms with Gasteiger partial charge in [0.05, 0.1) is 17.5 Å². The highest BCUT2D eigenvalue weighted by Gasteiger charge is 2.08.